The lowest BCUT2D eigenvalue weighted by Gasteiger charge is -2.08. The van der Waals surface area contributed by atoms with Crippen LogP contribution in [0.4, 0.5) is 0 Å². The summed E-state index contributed by atoms with van der Waals surface area (Å²) in [4.78, 5) is 8.92. The Morgan fingerprint density at radius 3 is 2.55 bits per heavy atom. The molecule has 3 nitrogen and oxygen atoms in total. The molecule has 2 aromatic carbocycles. The zero-order chi connectivity index (χ0) is 13.9. The van der Waals surface area contributed by atoms with Crippen LogP contribution in [0.15, 0.2) is 53.1 Å². The first kappa shape index (κ1) is 13.1. The Morgan fingerprint density at radius 2 is 1.80 bits per heavy atom. The summed E-state index contributed by atoms with van der Waals surface area (Å²) < 4.78 is 6.63. The van der Waals surface area contributed by atoms with Crippen LogP contribution in [0, 0.1) is 0 Å². The minimum atomic E-state index is 0.775. The highest BCUT2D eigenvalue weighted by molar-refractivity contribution is 9.10. The van der Waals surface area contributed by atoms with Crippen LogP contribution in [0.2, 0.25) is 0 Å². The van der Waals surface area contributed by atoms with Crippen molar-refractivity contribution in [2.45, 2.75) is 13.3 Å². The summed E-state index contributed by atoms with van der Waals surface area (Å²) in [5, 5.41) is 0.954. The molecule has 0 spiro atoms. The van der Waals surface area contributed by atoms with E-state index in [1.54, 1.807) is 0 Å². The average molecular weight is 329 g/mol. The Balaban J connectivity index is 2.00. The maximum Gasteiger partial charge on any atom is 0.130 e. The number of hydrogen-bond acceptors (Lipinski definition) is 3. The SMILES string of the molecule is CCc1nc(Br)c2cc(Oc3ccccc3)ccc2n1. The average Bonchev–Trinajstić information content (AvgIpc) is 2.48. The van der Waals surface area contributed by atoms with Gasteiger partial charge in [0.2, 0.25) is 0 Å². The molecule has 1 aromatic heterocycles. The Labute approximate surface area is 125 Å². The van der Waals surface area contributed by atoms with Crippen LogP contribution in [-0.4, -0.2) is 9.97 Å². The molecule has 4 heteroatoms. The van der Waals surface area contributed by atoms with Gasteiger partial charge < -0.3 is 4.74 Å². The van der Waals surface area contributed by atoms with E-state index in [1.807, 2.05) is 55.5 Å². The van der Waals surface area contributed by atoms with Gasteiger partial charge in [0, 0.05) is 11.8 Å². The van der Waals surface area contributed by atoms with Gasteiger partial charge in [0.15, 0.2) is 0 Å². The third-order valence-corrected chi connectivity index (χ3v) is 3.57. The third kappa shape index (κ3) is 2.65. The van der Waals surface area contributed by atoms with Crippen molar-refractivity contribution in [2.24, 2.45) is 0 Å². The van der Waals surface area contributed by atoms with E-state index in [0.717, 1.165) is 39.3 Å². The van der Waals surface area contributed by atoms with Crippen LogP contribution in [0.1, 0.15) is 12.7 Å². The number of hydrogen-bond donors (Lipinski definition) is 0. The molecule has 0 N–H and O–H groups in total. The molecular weight excluding hydrogens is 316 g/mol. The molecule has 1 heterocycles. The van der Waals surface area contributed by atoms with Gasteiger partial charge in [-0.2, -0.15) is 0 Å². The van der Waals surface area contributed by atoms with E-state index in [4.69, 9.17) is 4.74 Å². The third-order valence-electron chi connectivity index (χ3n) is 2.96. The smallest absolute Gasteiger partial charge is 0.130 e. The van der Waals surface area contributed by atoms with Gasteiger partial charge in [-0.1, -0.05) is 25.1 Å². The second kappa shape index (κ2) is 5.59. The van der Waals surface area contributed by atoms with Gasteiger partial charge in [-0.15, -0.1) is 0 Å². The van der Waals surface area contributed by atoms with Crippen LogP contribution in [0.25, 0.3) is 10.9 Å². The summed E-state index contributed by atoms with van der Waals surface area (Å²) >= 11 is 3.50. The highest BCUT2D eigenvalue weighted by Gasteiger charge is 2.06. The summed E-state index contributed by atoms with van der Waals surface area (Å²) in [7, 11) is 0. The Hall–Kier alpha value is -1.94. The number of fused-ring (bicyclic) bond motifs is 1. The normalized spacial score (nSPS) is 10.7. The van der Waals surface area contributed by atoms with Crippen molar-refractivity contribution in [2.75, 3.05) is 0 Å². The molecule has 0 amide bonds. The molecule has 0 aliphatic rings. The number of para-hydroxylation sites is 1. The predicted octanol–water partition coefficient (Wildman–Crippen LogP) is 4.75. The Morgan fingerprint density at radius 1 is 1.00 bits per heavy atom. The summed E-state index contributed by atoms with van der Waals surface area (Å²) in [6, 6.07) is 15.5. The van der Waals surface area contributed by atoms with Gasteiger partial charge in [0.1, 0.15) is 21.9 Å². The summed E-state index contributed by atoms with van der Waals surface area (Å²) in [5.74, 6) is 2.42. The summed E-state index contributed by atoms with van der Waals surface area (Å²) in [5.41, 5.74) is 0.920. The molecule has 0 fully saturated rings. The molecule has 3 aromatic rings. The van der Waals surface area contributed by atoms with E-state index in [0.29, 0.717) is 0 Å². The molecule has 0 atom stereocenters. The van der Waals surface area contributed by atoms with E-state index >= 15 is 0 Å². The van der Waals surface area contributed by atoms with Crippen LogP contribution >= 0.6 is 15.9 Å². The lowest BCUT2D eigenvalue weighted by atomic mass is 10.2. The first-order valence-corrected chi connectivity index (χ1v) is 7.24. The molecule has 0 bridgehead atoms. The van der Waals surface area contributed by atoms with Crippen LogP contribution in [0.5, 0.6) is 11.5 Å². The lowest BCUT2D eigenvalue weighted by Crippen LogP contribution is -1.95. The van der Waals surface area contributed by atoms with Gasteiger partial charge in [0.25, 0.3) is 0 Å². The van der Waals surface area contributed by atoms with Gasteiger partial charge in [-0.25, -0.2) is 9.97 Å². The fourth-order valence-corrected chi connectivity index (χ4v) is 2.48. The molecule has 0 aliphatic carbocycles. The van der Waals surface area contributed by atoms with Gasteiger partial charge >= 0.3 is 0 Å². The van der Waals surface area contributed by atoms with E-state index < -0.39 is 0 Å². The van der Waals surface area contributed by atoms with Crippen molar-refractivity contribution < 1.29 is 4.74 Å². The van der Waals surface area contributed by atoms with Gasteiger partial charge in [-0.3, -0.25) is 0 Å². The van der Waals surface area contributed by atoms with E-state index in [-0.39, 0.29) is 0 Å². The number of rotatable bonds is 3. The Bertz CT molecular complexity index is 744. The number of nitrogens with zero attached hydrogens (tertiary/aromatic N) is 2. The molecule has 3 rings (SSSR count). The fourth-order valence-electron chi connectivity index (χ4n) is 1.96. The van der Waals surface area contributed by atoms with Crippen molar-refractivity contribution in [1.82, 2.24) is 9.97 Å². The monoisotopic (exact) mass is 328 g/mol. The van der Waals surface area contributed by atoms with E-state index in [1.165, 1.54) is 0 Å². The maximum absolute atomic E-state index is 5.82. The molecule has 0 radical (unpaired) electrons. The van der Waals surface area contributed by atoms with Gasteiger partial charge in [0.05, 0.1) is 5.52 Å². The molecular formula is C16H13BrN2O. The minimum absolute atomic E-state index is 0.775. The minimum Gasteiger partial charge on any atom is -0.457 e. The van der Waals surface area contributed by atoms with E-state index in [2.05, 4.69) is 25.9 Å². The quantitative estimate of drug-likeness (QED) is 0.651. The second-order valence-electron chi connectivity index (χ2n) is 4.38. The second-order valence-corrected chi connectivity index (χ2v) is 5.13. The molecule has 0 unspecified atom stereocenters. The number of ether oxygens (including phenoxy) is 1. The number of aryl methyl sites for hydroxylation is 1. The standard InChI is InChI=1S/C16H13BrN2O/c1-2-15-18-14-9-8-12(10-13(14)16(17)19-15)20-11-6-4-3-5-7-11/h3-10H,2H2,1H3. The first-order chi connectivity index (χ1) is 9.76. The Kier molecular flexibility index (Phi) is 3.65. The lowest BCUT2D eigenvalue weighted by molar-refractivity contribution is 0.483. The molecule has 20 heavy (non-hydrogen) atoms. The van der Waals surface area contributed by atoms with Crippen molar-refractivity contribution in [3.05, 3.63) is 59.0 Å². The number of aromatic nitrogens is 2. The van der Waals surface area contributed by atoms with Crippen LogP contribution < -0.4 is 4.74 Å². The van der Waals surface area contributed by atoms with E-state index in [9.17, 15) is 0 Å². The fraction of sp³-hybridized carbons (Fsp3) is 0.125. The summed E-state index contributed by atoms with van der Waals surface area (Å²) in [6.45, 7) is 2.04. The molecule has 0 aliphatic heterocycles. The number of halogens is 1. The van der Waals surface area contributed by atoms with Crippen molar-refractivity contribution in [3.63, 3.8) is 0 Å². The largest absolute Gasteiger partial charge is 0.457 e. The van der Waals surface area contributed by atoms with Crippen molar-refractivity contribution in [1.29, 1.82) is 0 Å². The van der Waals surface area contributed by atoms with Crippen LogP contribution in [0.3, 0.4) is 0 Å². The zero-order valence-electron chi connectivity index (χ0n) is 11.0. The zero-order valence-corrected chi connectivity index (χ0v) is 12.6. The molecule has 100 valence electrons. The topological polar surface area (TPSA) is 35.0 Å². The molecule has 0 saturated heterocycles. The van der Waals surface area contributed by atoms with Crippen molar-refractivity contribution >= 4 is 26.8 Å². The maximum atomic E-state index is 5.82. The predicted molar refractivity (Wildman–Crippen MR) is 83.1 cm³/mol. The summed E-state index contributed by atoms with van der Waals surface area (Å²) in [6.07, 6.45) is 0.816. The highest BCUT2D eigenvalue weighted by Crippen LogP contribution is 2.28. The number of benzene rings is 2. The first-order valence-electron chi connectivity index (χ1n) is 6.45. The highest BCUT2D eigenvalue weighted by atomic mass is 79.9. The molecule has 0 saturated carbocycles. The van der Waals surface area contributed by atoms with Gasteiger partial charge in [-0.05, 0) is 46.3 Å². The van der Waals surface area contributed by atoms with Crippen LogP contribution in [-0.2, 0) is 6.42 Å². The van der Waals surface area contributed by atoms with Crippen molar-refractivity contribution in [3.8, 4) is 11.5 Å².